The van der Waals surface area contributed by atoms with Crippen LogP contribution in [-0.4, -0.2) is 53.1 Å². The molecule has 0 aromatic rings. The number of hydrogen-bond donors (Lipinski definition) is 2. The van der Waals surface area contributed by atoms with Gasteiger partial charge in [-0.25, -0.2) is 4.79 Å². The molecule has 21 heavy (non-hydrogen) atoms. The smallest absolute Gasteiger partial charge is 0.317 e. The van der Waals surface area contributed by atoms with E-state index in [0.29, 0.717) is 12.5 Å². The van der Waals surface area contributed by atoms with E-state index >= 15 is 0 Å². The number of nitrogens with zero attached hydrogens (tertiary/aromatic N) is 1. The summed E-state index contributed by atoms with van der Waals surface area (Å²) in [6.07, 6.45) is 5.19. The summed E-state index contributed by atoms with van der Waals surface area (Å²) in [5.41, 5.74) is 0. The molecule has 1 fully saturated rings. The second-order valence-electron chi connectivity index (χ2n) is 6.06. The van der Waals surface area contributed by atoms with Crippen LogP contribution in [0.3, 0.4) is 0 Å². The lowest BCUT2D eigenvalue weighted by atomic mass is 9.85. The van der Waals surface area contributed by atoms with Gasteiger partial charge in [-0.1, -0.05) is 6.92 Å². The second-order valence-corrected chi connectivity index (χ2v) is 7.04. The Hall–Kier alpha value is -0.910. The van der Waals surface area contributed by atoms with E-state index in [9.17, 15) is 9.59 Å². The highest BCUT2D eigenvalue weighted by Gasteiger charge is 2.28. The van der Waals surface area contributed by atoms with Gasteiger partial charge in [0.05, 0.1) is 0 Å². The van der Waals surface area contributed by atoms with Gasteiger partial charge in [-0.2, -0.15) is 11.8 Å². The minimum Gasteiger partial charge on any atom is -0.481 e. The van der Waals surface area contributed by atoms with Gasteiger partial charge in [0.25, 0.3) is 0 Å². The summed E-state index contributed by atoms with van der Waals surface area (Å²) >= 11 is 1.78. The van der Waals surface area contributed by atoms with Gasteiger partial charge in [0.2, 0.25) is 0 Å². The molecular weight excluding hydrogens is 288 g/mol. The first-order valence-electron chi connectivity index (χ1n) is 7.70. The van der Waals surface area contributed by atoms with E-state index in [2.05, 4.69) is 11.6 Å². The molecule has 3 unspecified atom stereocenters. The average Bonchev–Trinajstić information content (AvgIpc) is 2.44. The van der Waals surface area contributed by atoms with Gasteiger partial charge in [-0.05, 0) is 50.0 Å². The van der Waals surface area contributed by atoms with Crippen LogP contribution in [0, 0.1) is 11.8 Å². The highest BCUT2D eigenvalue weighted by molar-refractivity contribution is 7.98. The van der Waals surface area contributed by atoms with Crippen molar-refractivity contribution in [1.29, 1.82) is 0 Å². The highest BCUT2D eigenvalue weighted by Crippen LogP contribution is 2.26. The highest BCUT2D eigenvalue weighted by atomic mass is 32.2. The molecule has 0 bridgehead atoms. The average molecular weight is 316 g/mol. The Kier molecular flexibility index (Phi) is 7.93. The summed E-state index contributed by atoms with van der Waals surface area (Å²) in [7, 11) is 0. The maximum Gasteiger partial charge on any atom is 0.317 e. The molecule has 1 heterocycles. The molecule has 1 aliphatic rings. The van der Waals surface area contributed by atoms with Crippen molar-refractivity contribution in [3.63, 3.8) is 0 Å². The van der Waals surface area contributed by atoms with Crippen LogP contribution >= 0.6 is 11.8 Å². The van der Waals surface area contributed by atoms with Crippen LogP contribution in [0.4, 0.5) is 4.79 Å². The lowest BCUT2D eigenvalue weighted by molar-refractivity contribution is -0.138. The number of carbonyl (C=O) groups excluding carboxylic acids is 1. The first-order chi connectivity index (χ1) is 9.93. The molecule has 0 aliphatic carbocycles. The van der Waals surface area contributed by atoms with Gasteiger partial charge in [0.1, 0.15) is 0 Å². The normalized spacial score (nSPS) is 21.7. The number of amides is 2. The molecule has 1 rings (SSSR count). The molecule has 1 aliphatic heterocycles. The monoisotopic (exact) mass is 316 g/mol. The third-order valence-corrected chi connectivity index (χ3v) is 4.82. The van der Waals surface area contributed by atoms with Crippen LogP contribution in [0.15, 0.2) is 0 Å². The Morgan fingerprint density at radius 3 is 2.76 bits per heavy atom. The number of thioether (sulfide) groups is 1. The van der Waals surface area contributed by atoms with Crippen LogP contribution in [0.2, 0.25) is 0 Å². The molecule has 5 nitrogen and oxygen atoms in total. The van der Waals surface area contributed by atoms with Crippen molar-refractivity contribution in [1.82, 2.24) is 10.2 Å². The van der Waals surface area contributed by atoms with Crippen LogP contribution in [0.5, 0.6) is 0 Å². The largest absolute Gasteiger partial charge is 0.481 e. The topological polar surface area (TPSA) is 69.6 Å². The Balaban J connectivity index is 2.44. The zero-order valence-corrected chi connectivity index (χ0v) is 14.1. The van der Waals surface area contributed by atoms with Gasteiger partial charge in [0, 0.05) is 25.6 Å². The molecule has 0 aromatic heterocycles. The maximum absolute atomic E-state index is 12.3. The Morgan fingerprint density at radius 1 is 1.43 bits per heavy atom. The molecule has 2 N–H and O–H groups in total. The van der Waals surface area contributed by atoms with Crippen molar-refractivity contribution in [2.24, 2.45) is 11.8 Å². The molecule has 0 aromatic carbocycles. The van der Waals surface area contributed by atoms with E-state index in [4.69, 9.17) is 5.11 Å². The molecule has 3 atom stereocenters. The zero-order chi connectivity index (χ0) is 15.8. The number of carbonyl (C=O) groups is 2. The van der Waals surface area contributed by atoms with Gasteiger partial charge < -0.3 is 15.3 Å². The number of rotatable bonds is 7. The molecule has 122 valence electrons. The van der Waals surface area contributed by atoms with Crippen molar-refractivity contribution in [2.75, 3.05) is 25.1 Å². The molecule has 0 radical (unpaired) electrons. The summed E-state index contributed by atoms with van der Waals surface area (Å²) in [5.74, 6) is 0.698. The zero-order valence-electron chi connectivity index (χ0n) is 13.3. The van der Waals surface area contributed by atoms with E-state index in [1.165, 1.54) is 0 Å². The summed E-state index contributed by atoms with van der Waals surface area (Å²) < 4.78 is 0. The van der Waals surface area contributed by atoms with Crippen molar-refractivity contribution in [3.8, 4) is 0 Å². The van der Waals surface area contributed by atoms with E-state index < -0.39 is 5.97 Å². The molecule has 0 saturated carbocycles. The maximum atomic E-state index is 12.3. The Labute approximate surface area is 131 Å². The van der Waals surface area contributed by atoms with Crippen LogP contribution in [-0.2, 0) is 4.79 Å². The number of carboxylic acids is 1. The predicted molar refractivity (Wildman–Crippen MR) is 86.7 cm³/mol. The van der Waals surface area contributed by atoms with E-state index in [1.807, 2.05) is 18.7 Å². The number of hydrogen-bond acceptors (Lipinski definition) is 3. The van der Waals surface area contributed by atoms with Crippen molar-refractivity contribution in [2.45, 2.75) is 45.6 Å². The molecule has 1 saturated heterocycles. The molecule has 2 amide bonds. The summed E-state index contributed by atoms with van der Waals surface area (Å²) in [6.45, 7) is 5.46. The number of nitrogens with one attached hydrogen (secondary N) is 1. The summed E-state index contributed by atoms with van der Waals surface area (Å²) in [4.78, 5) is 24.9. The third kappa shape index (κ3) is 6.59. The van der Waals surface area contributed by atoms with Gasteiger partial charge >= 0.3 is 12.0 Å². The summed E-state index contributed by atoms with van der Waals surface area (Å²) in [6, 6.07) is 0.178. The van der Waals surface area contributed by atoms with Crippen LogP contribution in [0.1, 0.15) is 39.5 Å². The first kappa shape index (κ1) is 18.1. The lowest BCUT2D eigenvalue weighted by Gasteiger charge is -2.36. The predicted octanol–water partition coefficient (Wildman–Crippen LogP) is 2.66. The van der Waals surface area contributed by atoms with Crippen LogP contribution < -0.4 is 5.32 Å². The Morgan fingerprint density at radius 2 is 2.14 bits per heavy atom. The first-order valence-corrected chi connectivity index (χ1v) is 9.09. The molecule has 0 spiro atoms. The molecule has 6 heteroatoms. The number of urea groups is 1. The second kappa shape index (κ2) is 9.18. The minimum absolute atomic E-state index is 0.00386. The lowest BCUT2D eigenvalue weighted by Crippen LogP contribution is -2.49. The van der Waals surface area contributed by atoms with Crippen molar-refractivity contribution >= 4 is 23.8 Å². The fourth-order valence-electron chi connectivity index (χ4n) is 2.77. The molecular formula is C15H28N2O3S. The van der Waals surface area contributed by atoms with Gasteiger partial charge in [0.15, 0.2) is 0 Å². The van der Waals surface area contributed by atoms with E-state index in [0.717, 1.165) is 31.6 Å². The third-order valence-electron chi connectivity index (χ3n) is 4.17. The quantitative estimate of drug-likeness (QED) is 0.757. The number of carboxylic acid groups (broad SMARTS) is 1. The minimum atomic E-state index is -0.755. The van der Waals surface area contributed by atoms with Crippen molar-refractivity contribution in [3.05, 3.63) is 0 Å². The Bertz CT molecular complexity index is 352. The summed E-state index contributed by atoms with van der Waals surface area (Å²) in [5, 5.41) is 11.9. The fourth-order valence-corrected chi connectivity index (χ4v) is 3.36. The van der Waals surface area contributed by atoms with Gasteiger partial charge in [-0.15, -0.1) is 0 Å². The van der Waals surface area contributed by atoms with E-state index in [1.54, 1.807) is 11.8 Å². The van der Waals surface area contributed by atoms with Crippen molar-refractivity contribution < 1.29 is 14.7 Å². The van der Waals surface area contributed by atoms with Gasteiger partial charge in [-0.3, -0.25) is 4.79 Å². The standard InChI is InChI=1S/C15H28N2O3S/c1-11(9-14(18)19)13-5-4-7-17(10-13)15(20)16-12(2)6-8-21-3/h11-13H,4-10H2,1-3H3,(H,16,20)(H,18,19). The fraction of sp³-hybridized carbons (Fsp3) is 0.867. The van der Waals surface area contributed by atoms with Crippen LogP contribution in [0.25, 0.3) is 0 Å². The number of piperidine rings is 1. The number of aliphatic carboxylic acids is 1. The number of likely N-dealkylation sites (tertiary alicyclic amines) is 1. The SMILES string of the molecule is CSCCC(C)NC(=O)N1CCCC(C(C)CC(=O)O)C1. The van der Waals surface area contributed by atoms with E-state index in [-0.39, 0.29) is 24.4 Å².